The normalized spacial score (nSPS) is 13.8. The molecule has 0 aromatic heterocycles. The average molecular weight is 270 g/mol. The molecule has 1 atom stereocenters. The van der Waals surface area contributed by atoms with E-state index in [1.807, 2.05) is 26.0 Å². The number of nitrogens with one attached hydrogen (secondary N) is 1. The summed E-state index contributed by atoms with van der Waals surface area (Å²) < 4.78 is 5.19. The molecule has 1 aromatic carbocycles. The molecule has 18 heavy (non-hydrogen) atoms. The molecule has 3 nitrogen and oxygen atoms in total. The summed E-state index contributed by atoms with van der Waals surface area (Å²) >= 11 is 5.78. The van der Waals surface area contributed by atoms with Crippen LogP contribution in [0.2, 0.25) is 0 Å². The van der Waals surface area contributed by atoms with Gasteiger partial charge in [0.2, 0.25) is 0 Å². The fraction of sp³-hybridized carbons (Fsp3) is 0.500. The summed E-state index contributed by atoms with van der Waals surface area (Å²) in [5.41, 5.74) is 0.272. The zero-order valence-electron chi connectivity index (χ0n) is 11.1. The van der Waals surface area contributed by atoms with Gasteiger partial charge < -0.3 is 10.1 Å². The minimum atomic E-state index is -0.278. The van der Waals surface area contributed by atoms with Gasteiger partial charge in [-0.25, -0.2) is 0 Å². The molecule has 0 aliphatic rings. The molecule has 1 unspecified atom stereocenters. The maximum absolute atomic E-state index is 12.2. The summed E-state index contributed by atoms with van der Waals surface area (Å²) in [5, 5.41) is 3.03. The van der Waals surface area contributed by atoms with E-state index in [1.165, 1.54) is 0 Å². The van der Waals surface area contributed by atoms with E-state index in [9.17, 15) is 4.79 Å². The number of ether oxygens (including phenoxy) is 1. The molecule has 1 aromatic rings. The number of hydrogen-bond acceptors (Lipinski definition) is 2. The molecule has 0 saturated carbocycles. The summed E-state index contributed by atoms with van der Waals surface area (Å²) in [4.78, 5) is 12.2. The number of alkyl halides is 1. The van der Waals surface area contributed by atoms with Gasteiger partial charge in [-0.2, -0.15) is 0 Å². The zero-order valence-corrected chi connectivity index (χ0v) is 11.9. The predicted octanol–water partition coefficient (Wildman–Crippen LogP) is 3.22. The summed E-state index contributed by atoms with van der Waals surface area (Å²) in [6.45, 7) is 4.04. The molecule has 100 valence electrons. The Morgan fingerprint density at radius 2 is 2.11 bits per heavy atom. The van der Waals surface area contributed by atoms with Crippen LogP contribution in [0.1, 0.15) is 37.0 Å². The minimum absolute atomic E-state index is 0.123. The van der Waals surface area contributed by atoms with Crippen molar-refractivity contribution in [1.82, 2.24) is 5.32 Å². The van der Waals surface area contributed by atoms with Crippen molar-refractivity contribution >= 4 is 17.5 Å². The third-order valence-corrected chi connectivity index (χ3v) is 3.38. The highest BCUT2D eigenvalue weighted by Gasteiger charge is 2.25. The summed E-state index contributed by atoms with van der Waals surface area (Å²) in [5.74, 6) is 0.984. The predicted molar refractivity (Wildman–Crippen MR) is 74.5 cm³/mol. The number of para-hydroxylation sites is 1. The summed E-state index contributed by atoms with van der Waals surface area (Å²) in [7, 11) is 1.56. The van der Waals surface area contributed by atoms with E-state index >= 15 is 0 Å². The lowest BCUT2D eigenvalue weighted by Crippen LogP contribution is -2.45. The van der Waals surface area contributed by atoms with Gasteiger partial charge in [0.1, 0.15) is 5.75 Å². The Kier molecular flexibility index (Phi) is 5.48. The van der Waals surface area contributed by atoms with Crippen LogP contribution < -0.4 is 10.1 Å². The number of carbonyl (C=O) groups excluding carboxylic acids is 1. The zero-order chi connectivity index (χ0) is 13.6. The Labute approximate surface area is 113 Å². The lowest BCUT2D eigenvalue weighted by Gasteiger charge is -2.29. The van der Waals surface area contributed by atoms with Crippen LogP contribution in [0.15, 0.2) is 24.3 Å². The van der Waals surface area contributed by atoms with Gasteiger partial charge in [0.05, 0.1) is 12.7 Å². The number of rotatable bonds is 6. The minimum Gasteiger partial charge on any atom is -0.496 e. The molecule has 0 radical (unpaired) electrons. The standard InChI is InChI=1S/C14H20ClNO2/c1-4-14(2,9-10-15)16-13(17)11-7-5-6-8-12(11)18-3/h5-8H,4,9-10H2,1-3H3,(H,16,17). The van der Waals surface area contributed by atoms with E-state index in [0.717, 1.165) is 12.8 Å². The van der Waals surface area contributed by atoms with Crippen LogP contribution >= 0.6 is 11.6 Å². The number of benzene rings is 1. The van der Waals surface area contributed by atoms with E-state index in [2.05, 4.69) is 5.32 Å². The van der Waals surface area contributed by atoms with E-state index in [4.69, 9.17) is 16.3 Å². The van der Waals surface area contributed by atoms with Crippen LogP contribution in [0.3, 0.4) is 0 Å². The van der Waals surface area contributed by atoms with Gasteiger partial charge in [-0.1, -0.05) is 19.1 Å². The number of methoxy groups -OCH3 is 1. The molecule has 0 aliphatic carbocycles. The van der Waals surface area contributed by atoms with Crippen LogP contribution in [-0.2, 0) is 0 Å². The molecule has 0 aliphatic heterocycles. The van der Waals surface area contributed by atoms with Gasteiger partial charge in [-0.05, 0) is 31.9 Å². The fourth-order valence-corrected chi connectivity index (χ4v) is 2.13. The highest BCUT2D eigenvalue weighted by atomic mass is 35.5. The number of amides is 1. The van der Waals surface area contributed by atoms with E-state index in [1.54, 1.807) is 19.2 Å². The number of halogens is 1. The lowest BCUT2D eigenvalue weighted by molar-refractivity contribution is 0.0898. The number of hydrogen-bond donors (Lipinski definition) is 1. The lowest BCUT2D eigenvalue weighted by atomic mass is 9.95. The van der Waals surface area contributed by atoms with Crippen LogP contribution in [0, 0.1) is 0 Å². The van der Waals surface area contributed by atoms with Gasteiger partial charge >= 0.3 is 0 Å². The molecule has 1 amide bonds. The third-order valence-electron chi connectivity index (χ3n) is 3.19. The highest BCUT2D eigenvalue weighted by Crippen LogP contribution is 2.20. The first-order chi connectivity index (χ1) is 8.56. The van der Waals surface area contributed by atoms with Gasteiger partial charge in [-0.15, -0.1) is 11.6 Å². The van der Waals surface area contributed by atoms with E-state index in [0.29, 0.717) is 17.2 Å². The maximum Gasteiger partial charge on any atom is 0.255 e. The highest BCUT2D eigenvalue weighted by molar-refractivity contribution is 6.17. The van der Waals surface area contributed by atoms with Crippen molar-refractivity contribution < 1.29 is 9.53 Å². The van der Waals surface area contributed by atoms with Crippen molar-refractivity contribution in [2.45, 2.75) is 32.2 Å². The van der Waals surface area contributed by atoms with Gasteiger partial charge in [0, 0.05) is 11.4 Å². The molecular weight excluding hydrogens is 250 g/mol. The monoisotopic (exact) mass is 269 g/mol. The summed E-state index contributed by atoms with van der Waals surface area (Å²) in [6, 6.07) is 7.19. The van der Waals surface area contributed by atoms with Gasteiger partial charge in [-0.3, -0.25) is 4.79 Å². The van der Waals surface area contributed by atoms with Crippen LogP contribution in [-0.4, -0.2) is 24.4 Å². The average Bonchev–Trinajstić information content (AvgIpc) is 2.38. The fourth-order valence-electron chi connectivity index (χ4n) is 1.71. The SMILES string of the molecule is CCC(C)(CCCl)NC(=O)c1ccccc1OC. The maximum atomic E-state index is 12.2. The topological polar surface area (TPSA) is 38.3 Å². The Morgan fingerprint density at radius 1 is 1.44 bits per heavy atom. The van der Waals surface area contributed by atoms with Crippen LogP contribution in [0.5, 0.6) is 5.75 Å². The first-order valence-electron chi connectivity index (χ1n) is 6.08. The largest absolute Gasteiger partial charge is 0.496 e. The van der Waals surface area contributed by atoms with Crippen molar-refractivity contribution in [2.75, 3.05) is 13.0 Å². The van der Waals surface area contributed by atoms with Gasteiger partial charge in [0.25, 0.3) is 5.91 Å². The smallest absolute Gasteiger partial charge is 0.255 e. The Balaban J connectivity index is 2.87. The Hall–Kier alpha value is -1.22. The Bertz CT molecular complexity index is 409. The van der Waals surface area contributed by atoms with E-state index in [-0.39, 0.29) is 11.4 Å². The quantitative estimate of drug-likeness (QED) is 0.806. The molecule has 1 N–H and O–H groups in total. The molecule has 0 saturated heterocycles. The second-order valence-corrected chi connectivity index (χ2v) is 4.89. The molecule has 0 spiro atoms. The molecule has 0 heterocycles. The van der Waals surface area contributed by atoms with Crippen LogP contribution in [0.25, 0.3) is 0 Å². The van der Waals surface area contributed by atoms with Crippen molar-refractivity contribution in [1.29, 1.82) is 0 Å². The van der Waals surface area contributed by atoms with Crippen molar-refractivity contribution in [3.8, 4) is 5.75 Å². The van der Waals surface area contributed by atoms with Crippen molar-refractivity contribution in [3.63, 3.8) is 0 Å². The molecule has 0 bridgehead atoms. The summed E-state index contributed by atoms with van der Waals surface area (Å²) in [6.07, 6.45) is 1.58. The van der Waals surface area contributed by atoms with Crippen molar-refractivity contribution in [2.24, 2.45) is 0 Å². The van der Waals surface area contributed by atoms with Crippen molar-refractivity contribution in [3.05, 3.63) is 29.8 Å². The first kappa shape index (κ1) is 14.8. The molecule has 1 rings (SSSR count). The molecular formula is C14H20ClNO2. The van der Waals surface area contributed by atoms with Crippen LogP contribution in [0.4, 0.5) is 0 Å². The third kappa shape index (κ3) is 3.64. The Morgan fingerprint density at radius 3 is 2.67 bits per heavy atom. The molecule has 4 heteroatoms. The molecule has 0 fully saturated rings. The second kappa shape index (κ2) is 6.64. The van der Waals surface area contributed by atoms with Gasteiger partial charge in [0.15, 0.2) is 0 Å². The second-order valence-electron chi connectivity index (χ2n) is 4.51. The van der Waals surface area contributed by atoms with E-state index < -0.39 is 0 Å². The first-order valence-corrected chi connectivity index (χ1v) is 6.61. The number of carbonyl (C=O) groups is 1.